The molecular weight excluding hydrogens is 342 g/mol. The topological polar surface area (TPSA) is 61.9 Å². The molecule has 0 aromatic heterocycles. The smallest absolute Gasteiger partial charge is 0.407 e. The van der Waals surface area contributed by atoms with Crippen LogP contribution in [0, 0.1) is 0 Å². The van der Waals surface area contributed by atoms with E-state index in [2.05, 4.69) is 28.4 Å². The summed E-state index contributed by atoms with van der Waals surface area (Å²) in [6, 6.07) is 6.47. The highest BCUT2D eigenvalue weighted by Crippen LogP contribution is 2.28. The summed E-state index contributed by atoms with van der Waals surface area (Å²) in [4.78, 5) is 28.0. The predicted octanol–water partition coefficient (Wildman–Crippen LogP) is 3.08. The number of amides is 2. The third-order valence-corrected chi connectivity index (χ3v) is 5.18. The zero-order valence-corrected chi connectivity index (χ0v) is 16.9. The molecule has 6 heteroatoms. The Bertz CT molecular complexity index is 703. The highest BCUT2D eigenvalue weighted by molar-refractivity contribution is 5.95. The van der Waals surface area contributed by atoms with Crippen molar-refractivity contribution < 1.29 is 14.3 Å². The second-order valence-electron chi connectivity index (χ2n) is 8.67. The fourth-order valence-corrected chi connectivity index (χ4v) is 3.71. The van der Waals surface area contributed by atoms with Crippen molar-refractivity contribution >= 4 is 17.7 Å². The number of likely N-dealkylation sites (tertiary alicyclic amines) is 1. The van der Waals surface area contributed by atoms with Gasteiger partial charge in [0.2, 0.25) is 5.91 Å². The number of alkyl carbamates (subject to hydrolysis) is 1. The van der Waals surface area contributed by atoms with E-state index in [0.717, 1.165) is 44.6 Å². The van der Waals surface area contributed by atoms with Gasteiger partial charge in [0.15, 0.2) is 0 Å². The van der Waals surface area contributed by atoms with E-state index in [1.807, 2.05) is 27.8 Å². The predicted molar refractivity (Wildman–Crippen MR) is 106 cm³/mol. The number of carbonyl (C=O) groups is 2. The maximum absolute atomic E-state index is 11.9. The van der Waals surface area contributed by atoms with Crippen molar-refractivity contribution in [1.29, 1.82) is 0 Å². The molecule has 1 aromatic carbocycles. The average molecular weight is 373 g/mol. The summed E-state index contributed by atoms with van der Waals surface area (Å²) in [5.41, 5.74) is 3.23. The zero-order valence-electron chi connectivity index (χ0n) is 16.9. The normalized spacial score (nSPS) is 19.0. The molecule has 0 aliphatic carbocycles. The lowest BCUT2D eigenvalue weighted by molar-refractivity contribution is -0.118. The van der Waals surface area contributed by atoms with Crippen LogP contribution in [0.5, 0.6) is 0 Å². The number of fused-ring (bicyclic) bond motifs is 1. The van der Waals surface area contributed by atoms with Gasteiger partial charge in [-0.05, 0) is 57.2 Å². The highest BCUT2D eigenvalue weighted by atomic mass is 16.6. The van der Waals surface area contributed by atoms with Crippen molar-refractivity contribution in [2.75, 3.05) is 25.0 Å². The van der Waals surface area contributed by atoms with Gasteiger partial charge in [-0.3, -0.25) is 9.69 Å². The molecule has 0 radical (unpaired) electrons. The van der Waals surface area contributed by atoms with E-state index >= 15 is 0 Å². The lowest BCUT2D eigenvalue weighted by Gasteiger charge is -2.33. The largest absolute Gasteiger partial charge is 0.446 e. The first-order valence-electron chi connectivity index (χ1n) is 9.81. The van der Waals surface area contributed by atoms with Gasteiger partial charge in [0.1, 0.15) is 6.10 Å². The van der Waals surface area contributed by atoms with E-state index in [1.54, 1.807) is 4.90 Å². The van der Waals surface area contributed by atoms with Crippen molar-refractivity contribution in [3.63, 3.8) is 0 Å². The average Bonchev–Trinajstić information content (AvgIpc) is 2.59. The van der Waals surface area contributed by atoms with Crippen molar-refractivity contribution in [3.05, 3.63) is 29.3 Å². The van der Waals surface area contributed by atoms with Crippen LogP contribution in [0.1, 0.15) is 51.2 Å². The number of nitrogens with zero attached hydrogens (tertiary/aromatic N) is 2. The van der Waals surface area contributed by atoms with Crippen molar-refractivity contribution in [2.24, 2.45) is 0 Å². The first-order chi connectivity index (χ1) is 12.7. The number of ether oxygens (including phenoxy) is 1. The number of hydrogen-bond acceptors (Lipinski definition) is 4. The molecule has 148 valence electrons. The quantitative estimate of drug-likeness (QED) is 0.884. The van der Waals surface area contributed by atoms with Gasteiger partial charge in [-0.15, -0.1) is 0 Å². The second kappa shape index (κ2) is 7.89. The maximum Gasteiger partial charge on any atom is 0.407 e. The summed E-state index contributed by atoms with van der Waals surface area (Å²) in [5, 5.41) is 2.85. The van der Waals surface area contributed by atoms with E-state index < -0.39 is 0 Å². The number of anilines is 1. The monoisotopic (exact) mass is 373 g/mol. The van der Waals surface area contributed by atoms with Gasteiger partial charge < -0.3 is 15.0 Å². The molecule has 1 fully saturated rings. The van der Waals surface area contributed by atoms with Crippen LogP contribution in [0.3, 0.4) is 0 Å². The zero-order chi connectivity index (χ0) is 19.6. The molecule has 0 unspecified atom stereocenters. The van der Waals surface area contributed by atoms with Crippen molar-refractivity contribution in [2.45, 2.75) is 64.6 Å². The van der Waals surface area contributed by atoms with Crippen LogP contribution in [0.15, 0.2) is 18.2 Å². The molecular formula is C21H31N3O3. The van der Waals surface area contributed by atoms with E-state index in [-0.39, 0.29) is 23.6 Å². The minimum Gasteiger partial charge on any atom is -0.446 e. The highest BCUT2D eigenvalue weighted by Gasteiger charge is 2.25. The Hall–Kier alpha value is -2.08. The molecule has 1 saturated heterocycles. The van der Waals surface area contributed by atoms with Gasteiger partial charge in [0.25, 0.3) is 0 Å². The summed E-state index contributed by atoms with van der Waals surface area (Å²) in [5.74, 6) is 0.186. The maximum atomic E-state index is 11.9. The number of rotatable bonds is 3. The van der Waals surface area contributed by atoms with Crippen LogP contribution >= 0.6 is 0 Å². The molecule has 1 aromatic rings. The molecule has 3 rings (SSSR count). The molecule has 27 heavy (non-hydrogen) atoms. The van der Waals surface area contributed by atoms with Gasteiger partial charge >= 0.3 is 6.09 Å². The Kier molecular flexibility index (Phi) is 5.75. The Morgan fingerprint density at radius 1 is 1.22 bits per heavy atom. The third kappa shape index (κ3) is 5.22. The lowest BCUT2D eigenvalue weighted by Crippen LogP contribution is -2.44. The Morgan fingerprint density at radius 3 is 2.59 bits per heavy atom. The van der Waals surface area contributed by atoms with Crippen molar-refractivity contribution in [3.8, 4) is 0 Å². The molecule has 6 nitrogen and oxygen atoms in total. The number of aryl methyl sites for hydroxylation is 1. The van der Waals surface area contributed by atoms with Gasteiger partial charge in [-0.25, -0.2) is 4.79 Å². The fourth-order valence-electron chi connectivity index (χ4n) is 3.71. The summed E-state index contributed by atoms with van der Waals surface area (Å²) in [7, 11) is 1.86. The van der Waals surface area contributed by atoms with E-state index in [9.17, 15) is 9.59 Å². The number of hydrogen-bond donors (Lipinski definition) is 1. The standard InChI is InChI=1S/C21H31N3O3/c1-21(2,3)22-20(26)27-17-9-11-24(12-10-17)14-15-5-6-16-7-8-19(25)23(4)18(16)13-15/h5-6,13,17H,7-12,14H2,1-4H3,(H,22,26). The van der Waals surface area contributed by atoms with Gasteiger partial charge in [-0.1, -0.05) is 12.1 Å². The van der Waals surface area contributed by atoms with Crippen LogP contribution in [-0.4, -0.2) is 48.7 Å². The number of nitrogens with one attached hydrogen (secondary N) is 1. The van der Waals surface area contributed by atoms with Crippen LogP contribution in [0.25, 0.3) is 0 Å². The van der Waals surface area contributed by atoms with E-state index in [0.29, 0.717) is 6.42 Å². The number of benzene rings is 1. The molecule has 0 bridgehead atoms. The van der Waals surface area contributed by atoms with Crippen LogP contribution in [0.2, 0.25) is 0 Å². The molecule has 2 aliphatic heterocycles. The molecule has 2 heterocycles. The minimum atomic E-state index is -0.330. The molecule has 2 amide bonds. The van der Waals surface area contributed by atoms with Crippen LogP contribution < -0.4 is 10.2 Å². The van der Waals surface area contributed by atoms with Crippen LogP contribution in [0.4, 0.5) is 10.5 Å². The van der Waals surface area contributed by atoms with E-state index in [4.69, 9.17) is 4.74 Å². The van der Waals surface area contributed by atoms with Gasteiger partial charge in [-0.2, -0.15) is 0 Å². The van der Waals surface area contributed by atoms with Crippen molar-refractivity contribution in [1.82, 2.24) is 10.2 Å². The molecule has 1 N–H and O–H groups in total. The number of piperidine rings is 1. The molecule has 0 atom stereocenters. The molecule has 2 aliphatic rings. The minimum absolute atomic E-state index is 0.0177. The Morgan fingerprint density at radius 2 is 1.93 bits per heavy atom. The Balaban J connectivity index is 1.51. The summed E-state index contributed by atoms with van der Waals surface area (Å²) in [6.07, 6.45) is 2.78. The lowest BCUT2D eigenvalue weighted by atomic mass is 9.99. The second-order valence-corrected chi connectivity index (χ2v) is 8.67. The first-order valence-corrected chi connectivity index (χ1v) is 9.81. The first kappa shape index (κ1) is 19.7. The molecule has 0 saturated carbocycles. The Labute approximate surface area is 161 Å². The summed E-state index contributed by atoms with van der Waals surface area (Å²) >= 11 is 0. The molecule has 0 spiro atoms. The number of carbonyl (C=O) groups excluding carboxylic acids is 2. The van der Waals surface area contributed by atoms with Gasteiger partial charge in [0.05, 0.1) is 0 Å². The van der Waals surface area contributed by atoms with E-state index in [1.165, 1.54) is 11.1 Å². The SMILES string of the molecule is CN1C(=O)CCc2ccc(CN3CCC(OC(=O)NC(C)(C)C)CC3)cc21. The third-order valence-electron chi connectivity index (χ3n) is 5.18. The van der Waals surface area contributed by atoms with Crippen LogP contribution in [-0.2, 0) is 22.5 Å². The fraction of sp³-hybridized carbons (Fsp3) is 0.619. The summed E-state index contributed by atoms with van der Waals surface area (Å²) in [6.45, 7) is 8.50. The summed E-state index contributed by atoms with van der Waals surface area (Å²) < 4.78 is 5.55. The van der Waals surface area contributed by atoms with Gasteiger partial charge in [0, 0.05) is 44.3 Å².